The second-order valence-electron chi connectivity index (χ2n) is 3.93. The van der Waals surface area contributed by atoms with Crippen molar-refractivity contribution in [2.45, 2.75) is 6.10 Å². The first kappa shape index (κ1) is 12.9. The number of benzene rings is 2. The zero-order chi connectivity index (χ0) is 13.0. The fourth-order valence-electron chi connectivity index (χ4n) is 1.63. The average Bonchev–Trinajstić information content (AvgIpc) is 2.40. The van der Waals surface area contributed by atoms with Crippen LogP contribution in [0, 0.1) is 5.82 Å². The van der Waals surface area contributed by atoms with Gasteiger partial charge in [-0.25, -0.2) is 4.39 Å². The van der Waals surface area contributed by atoms with Gasteiger partial charge in [-0.1, -0.05) is 41.9 Å². The van der Waals surface area contributed by atoms with E-state index >= 15 is 0 Å². The molecule has 2 rings (SSSR count). The Bertz CT molecular complexity index is 518. The summed E-state index contributed by atoms with van der Waals surface area (Å²) < 4.78 is 13.4. The van der Waals surface area contributed by atoms with E-state index in [2.05, 4.69) is 5.32 Å². The van der Waals surface area contributed by atoms with Crippen LogP contribution in [0.15, 0.2) is 48.5 Å². The number of hydrogen-bond donors (Lipinski definition) is 2. The first-order valence-electron chi connectivity index (χ1n) is 5.59. The van der Waals surface area contributed by atoms with Gasteiger partial charge in [-0.2, -0.15) is 0 Å². The summed E-state index contributed by atoms with van der Waals surface area (Å²) in [6.45, 7) is 0.223. The third-order valence-corrected chi connectivity index (χ3v) is 2.83. The molecule has 2 aromatic carbocycles. The van der Waals surface area contributed by atoms with Gasteiger partial charge in [-0.05, 0) is 23.8 Å². The molecule has 0 fully saturated rings. The zero-order valence-corrected chi connectivity index (χ0v) is 10.4. The lowest BCUT2D eigenvalue weighted by Gasteiger charge is -2.13. The molecule has 2 nitrogen and oxygen atoms in total. The maximum absolute atomic E-state index is 13.4. The summed E-state index contributed by atoms with van der Waals surface area (Å²) in [4.78, 5) is 0. The molecule has 0 saturated heterocycles. The van der Waals surface area contributed by atoms with E-state index in [4.69, 9.17) is 11.6 Å². The van der Waals surface area contributed by atoms with E-state index in [9.17, 15) is 9.50 Å². The highest BCUT2D eigenvalue weighted by molar-refractivity contribution is 6.30. The highest BCUT2D eigenvalue weighted by Gasteiger charge is 2.08. The predicted molar refractivity (Wildman–Crippen MR) is 71.3 cm³/mol. The van der Waals surface area contributed by atoms with Crippen molar-refractivity contribution in [3.05, 3.63) is 64.9 Å². The zero-order valence-electron chi connectivity index (χ0n) is 9.61. The Labute approximate surface area is 110 Å². The molecule has 0 bridgehead atoms. The Morgan fingerprint density at radius 3 is 2.61 bits per heavy atom. The van der Waals surface area contributed by atoms with Gasteiger partial charge >= 0.3 is 0 Å². The van der Waals surface area contributed by atoms with Crippen molar-refractivity contribution in [1.29, 1.82) is 0 Å². The Morgan fingerprint density at radius 2 is 1.89 bits per heavy atom. The first-order chi connectivity index (χ1) is 8.66. The molecule has 4 heteroatoms. The topological polar surface area (TPSA) is 32.3 Å². The summed E-state index contributed by atoms with van der Waals surface area (Å²) in [6.07, 6.45) is -0.690. The van der Waals surface area contributed by atoms with E-state index in [1.165, 1.54) is 18.2 Å². The number of nitrogens with one attached hydrogen (secondary N) is 1. The largest absolute Gasteiger partial charge is 0.387 e. The molecule has 0 aromatic heterocycles. The van der Waals surface area contributed by atoms with Gasteiger partial charge < -0.3 is 10.4 Å². The van der Waals surface area contributed by atoms with Gasteiger partial charge in [0.05, 0.1) is 11.8 Å². The van der Waals surface area contributed by atoms with Crippen molar-refractivity contribution in [2.24, 2.45) is 0 Å². The number of hydrogen-bond acceptors (Lipinski definition) is 2. The van der Waals surface area contributed by atoms with Crippen LogP contribution in [0.1, 0.15) is 11.7 Å². The van der Waals surface area contributed by atoms with Crippen molar-refractivity contribution < 1.29 is 9.50 Å². The first-order valence-corrected chi connectivity index (χ1v) is 5.96. The average molecular weight is 266 g/mol. The Morgan fingerprint density at radius 1 is 1.17 bits per heavy atom. The second kappa shape index (κ2) is 5.85. The lowest BCUT2D eigenvalue weighted by atomic mass is 10.1. The summed E-state index contributed by atoms with van der Waals surface area (Å²) in [5, 5.41) is 13.2. The van der Waals surface area contributed by atoms with Gasteiger partial charge in [0.1, 0.15) is 5.82 Å². The highest BCUT2D eigenvalue weighted by Crippen LogP contribution is 2.21. The van der Waals surface area contributed by atoms with Crippen LogP contribution in [-0.2, 0) is 0 Å². The van der Waals surface area contributed by atoms with Gasteiger partial charge in [0, 0.05) is 11.6 Å². The molecule has 1 unspecified atom stereocenters. The maximum Gasteiger partial charge on any atom is 0.146 e. The van der Waals surface area contributed by atoms with Crippen LogP contribution in [0.2, 0.25) is 5.02 Å². The van der Waals surface area contributed by atoms with E-state index in [0.717, 1.165) is 5.56 Å². The van der Waals surface area contributed by atoms with Gasteiger partial charge in [0.2, 0.25) is 0 Å². The molecule has 94 valence electrons. The number of aliphatic hydroxyl groups excluding tert-OH is 1. The summed E-state index contributed by atoms with van der Waals surface area (Å²) in [7, 11) is 0. The number of rotatable bonds is 4. The van der Waals surface area contributed by atoms with Crippen molar-refractivity contribution in [1.82, 2.24) is 0 Å². The predicted octanol–water partition coefficient (Wildman–Crippen LogP) is 3.62. The fraction of sp³-hybridized carbons (Fsp3) is 0.143. The summed E-state index contributed by atoms with van der Waals surface area (Å²) in [6, 6.07) is 13.5. The lowest BCUT2D eigenvalue weighted by Crippen LogP contribution is -2.12. The molecule has 18 heavy (non-hydrogen) atoms. The van der Waals surface area contributed by atoms with Crippen LogP contribution in [0.4, 0.5) is 10.1 Å². The number of anilines is 1. The van der Waals surface area contributed by atoms with Crippen molar-refractivity contribution in [3.63, 3.8) is 0 Å². The molecule has 2 N–H and O–H groups in total. The van der Waals surface area contributed by atoms with Crippen LogP contribution in [0.3, 0.4) is 0 Å². The smallest absolute Gasteiger partial charge is 0.146 e. The summed E-state index contributed by atoms with van der Waals surface area (Å²) >= 11 is 5.78. The number of halogens is 2. The van der Waals surface area contributed by atoms with E-state index in [0.29, 0.717) is 5.02 Å². The van der Waals surface area contributed by atoms with E-state index in [1.807, 2.05) is 30.3 Å². The molecule has 1 atom stereocenters. The Balaban J connectivity index is 2.01. The highest BCUT2D eigenvalue weighted by atomic mass is 35.5. The van der Waals surface area contributed by atoms with Crippen molar-refractivity contribution in [3.8, 4) is 0 Å². The van der Waals surface area contributed by atoms with E-state index < -0.39 is 6.10 Å². The molecule has 0 heterocycles. The molecule has 0 saturated carbocycles. The second-order valence-corrected chi connectivity index (χ2v) is 4.37. The van der Waals surface area contributed by atoms with Crippen LogP contribution in [-0.4, -0.2) is 11.7 Å². The normalized spacial score (nSPS) is 12.2. The minimum absolute atomic E-state index is 0.223. The standard InChI is InChI=1S/C14H13ClFNO/c15-11-6-7-12(16)13(8-11)17-9-14(18)10-4-2-1-3-5-10/h1-8,14,17-18H,9H2. The summed E-state index contributed by atoms with van der Waals surface area (Å²) in [5.74, 6) is -0.389. The lowest BCUT2D eigenvalue weighted by molar-refractivity contribution is 0.191. The third kappa shape index (κ3) is 3.22. The van der Waals surface area contributed by atoms with Crippen molar-refractivity contribution in [2.75, 3.05) is 11.9 Å². The molecule has 0 aliphatic rings. The molecule has 0 aliphatic heterocycles. The Hall–Kier alpha value is -1.58. The third-order valence-electron chi connectivity index (χ3n) is 2.60. The molecule has 0 amide bonds. The molecular weight excluding hydrogens is 253 g/mol. The Kier molecular flexibility index (Phi) is 4.18. The van der Waals surface area contributed by atoms with Gasteiger partial charge in [-0.3, -0.25) is 0 Å². The maximum atomic E-state index is 13.4. The minimum atomic E-state index is -0.690. The van der Waals surface area contributed by atoms with E-state index in [1.54, 1.807) is 0 Å². The number of aliphatic hydroxyl groups is 1. The fourth-order valence-corrected chi connectivity index (χ4v) is 1.80. The van der Waals surface area contributed by atoms with Crippen LogP contribution in [0.25, 0.3) is 0 Å². The van der Waals surface area contributed by atoms with E-state index in [-0.39, 0.29) is 18.0 Å². The van der Waals surface area contributed by atoms with Gasteiger partial charge in [-0.15, -0.1) is 0 Å². The monoisotopic (exact) mass is 265 g/mol. The molecular formula is C14H13ClFNO. The van der Waals surface area contributed by atoms with Crippen LogP contribution in [0.5, 0.6) is 0 Å². The minimum Gasteiger partial charge on any atom is -0.387 e. The van der Waals surface area contributed by atoms with Crippen LogP contribution >= 0.6 is 11.6 Å². The molecule has 2 aromatic rings. The quantitative estimate of drug-likeness (QED) is 0.885. The molecule has 0 radical (unpaired) electrons. The van der Waals surface area contributed by atoms with Crippen molar-refractivity contribution >= 4 is 17.3 Å². The van der Waals surface area contributed by atoms with Gasteiger partial charge in [0.15, 0.2) is 0 Å². The molecule has 0 spiro atoms. The van der Waals surface area contributed by atoms with Crippen LogP contribution < -0.4 is 5.32 Å². The summed E-state index contributed by atoms with van der Waals surface area (Å²) in [5.41, 5.74) is 1.07. The molecule has 0 aliphatic carbocycles. The SMILES string of the molecule is OC(CNc1cc(Cl)ccc1F)c1ccccc1. The van der Waals surface area contributed by atoms with Gasteiger partial charge in [0.25, 0.3) is 0 Å².